The molecule has 1 aromatic carbocycles. The van der Waals surface area contributed by atoms with E-state index in [2.05, 4.69) is 25.6 Å². The Kier molecular flexibility index (Phi) is 9.41. The number of aromatic nitrogens is 2. The van der Waals surface area contributed by atoms with Crippen molar-refractivity contribution in [3.05, 3.63) is 40.2 Å². The van der Waals surface area contributed by atoms with Gasteiger partial charge in [0.15, 0.2) is 5.82 Å². The first-order valence-corrected chi connectivity index (χ1v) is 9.88. The van der Waals surface area contributed by atoms with E-state index >= 15 is 0 Å². The van der Waals surface area contributed by atoms with Gasteiger partial charge in [0.1, 0.15) is 5.69 Å². The standard InChI is InChI=1S/C20H23N7O6.Ca/c1-27-12(9-23-16-15(27)18(31)26-20(21)25-16)8-22-11-4-2-10(3-5-11)17(30)24-13(19(32)33)6-7-14(28)29;/h2-5,9,12-13,22H,6-8H2,1H3,(H,24,30)(H,28,29)(H,32,33)(H3,21,25,26,31);/q;+2/p-2/t12-,13?;/m0./s1. The Bertz CT molecular complexity index is 1150. The number of H-pyrrole nitrogens is 1. The van der Waals surface area contributed by atoms with Crippen LogP contribution in [0.5, 0.6) is 0 Å². The van der Waals surface area contributed by atoms with Crippen LogP contribution in [0.4, 0.5) is 23.1 Å². The summed E-state index contributed by atoms with van der Waals surface area (Å²) in [5.41, 5.74) is 6.29. The molecule has 1 aliphatic heterocycles. The maximum Gasteiger partial charge on any atom is 2.00 e. The Hall–Kier alpha value is -3.16. The molecule has 1 aromatic heterocycles. The van der Waals surface area contributed by atoms with Crippen molar-refractivity contribution in [2.45, 2.75) is 24.9 Å². The summed E-state index contributed by atoms with van der Waals surface area (Å²) in [6.07, 6.45) is 0.761. The van der Waals surface area contributed by atoms with Gasteiger partial charge in [0.05, 0.1) is 18.1 Å². The van der Waals surface area contributed by atoms with E-state index in [4.69, 9.17) is 5.73 Å². The summed E-state index contributed by atoms with van der Waals surface area (Å²) in [6.45, 7) is 0.380. The van der Waals surface area contributed by atoms with Crippen LogP contribution in [-0.4, -0.2) is 97.4 Å². The first kappa shape index (κ1) is 27.1. The van der Waals surface area contributed by atoms with Crippen LogP contribution >= 0.6 is 0 Å². The normalized spacial score (nSPS) is 15.0. The number of carbonyl (C=O) groups excluding carboxylic acids is 3. The molecule has 0 fully saturated rings. The number of aromatic amines is 1. The van der Waals surface area contributed by atoms with Crippen LogP contribution in [0.3, 0.4) is 0 Å². The Morgan fingerprint density at radius 1 is 1.24 bits per heavy atom. The molecule has 0 saturated heterocycles. The number of rotatable bonds is 9. The zero-order valence-electron chi connectivity index (χ0n) is 18.2. The van der Waals surface area contributed by atoms with Crippen molar-refractivity contribution in [1.82, 2.24) is 15.3 Å². The summed E-state index contributed by atoms with van der Waals surface area (Å²) in [5, 5.41) is 27.0. The molecule has 174 valence electrons. The van der Waals surface area contributed by atoms with E-state index in [9.17, 15) is 29.4 Å². The number of fused-ring (bicyclic) bond motifs is 1. The molecule has 2 heterocycles. The fourth-order valence-electron chi connectivity index (χ4n) is 3.21. The molecule has 1 unspecified atom stereocenters. The van der Waals surface area contributed by atoms with Gasteiger partial charge >= 0.3 is 37.7 Å². The Morgan fingerprint density at radius 2 is 1.91 bits per heavy atom. The van der Waals surface area contributed by atoms with E-state index in [1.807, 2.05) is 0 Å². The van der Waals surface area contributed by atoms with E-state index < -0.39 is 35.9 Å². The van der Waals surface area contributed by atoms with Gasteiger partial charge in [0, 0.05) is 37.0 Å². The molecular weight excluding hydrogens is 474 g/mol. The van der Waals surface area contributed by atoms with Crippen LogP contribution in [0.1, 0.15) is 23.2 Å². The number of nitrogens with one attached hydrogen (secondary N) is 3. The number of likely N-dealkylation sites (N-methyl/N-ethyl adjacent to an activating group) is 1. The number of anilines is 3. The fourth-order valence-corrected chi connectivity index (χ4v) is 3.21. The van der Waals surface area contributed by atoms with E-state index in [0.29, 0.717) is 17.9 Å². The van der Waals surface area contributed by atoms with Crippen molar-refractivity contribution in [2.24, 2.45) is 4.99 Å². The smallest absolute Gasteiger partial charge is 0.550 e. The fraction of sp³-hybridized carbons (Fsp3) is 0.300. The quantitative estimate of drug-likeness (QED) is 0.259. The number of aliphatic imine (C=N–C) groups is 1. The maximum atomic E-state index is 12.3. The van der Waals surface area contributed by atoms with Crippen molar-refractivity contribution in [3.63, 3.8) is 0 Å². The Morgan fingerprint density at radius 3 is 2.53 bits per heavy atom. The Balaban J connectivity index is 0.00000408. The summed E-state index contributed by atoms with van der Waals surface area (Å²) < 4.78 is 0. The van der Waals surface area contributed by atoms with Crippen molar-refractivity contribution >= 4 is 84.9 Å². The van der Waals surface area contributed by atoms with Gasteiger partial charge in [0.25, 0.3) is 11.5 Å². The van der Waals surface area contributed by atoms with Crippen molar-refractivity contribution < 1.29 is 24.6 Å². The number of benzene rings is 1. The number of hydrogen-bond donors (Lipinski definition) is 4. The maximum absolute atomic E-state index is 12.3. The number of nitrogens with two attached hydrogens (primary N) is 1. The number of nitrogen functional groups attached to an aromatic ring is 1. The molecule has 1 amide bonds. The number of aliphatic carboxylic acids is 2. The topological polar surface area (TPSA) is 209 Å². The third kappa shape index (κ3) is 6.68. The molecule has 0 aliphatic carbocycles. The Labute approximate surface area is 223 Å². The van der Waals surface area contributed by atoms with E-state index in [1.165, 1.54) is 12.1 Å². The van der Waals surface area contributed by atoms with Crippen LogP contribution in [0.25, 0.3) is 0 Å². The summed E-state index contributed by atoms with van der Waals surface area (Å²) in [7, 11) is 1.73. The minimum Gasteiger partial charge on any atom is -0.550 e. The summed E-state index contributed by atoms with van der Waals surface area (Å²) >= 11 is 0. The van der Waals surface area contributed by atoms with Crippen LogP contribution in [0.15, 0.2) is 34.1 Å². The molecule has 5 N–H and O–H groups in total. The van der Waals surface area contributed by atoms with Crippen LogP contribution in [-0.2, 0) is 9.59 Å². The van der Waals surface area contributed by atoms with Gasteiger partial charge in [-0.25, -0.2) is 4.99 Å². The third-order valence-corrected chi connectivity index (χ3v) is 5.00. The van der Waals surface area contributed by atoms with Gasteiger partial charge < -0.3 is 41.1 Å². The van der Waals surface area contributed by atoms with Crippen molar-refractivity contribution in [3.8, 4) is 0 Å². The predicted octanol–water partition coefficient (Wildman–Crippen LogP) is -3.02. The van der Waals surface area contributed by atoms with Crippen LogP contribution < -0.4 is 37.0 Å². The van der Waals surface area contributed by atoms with Gasteiger partial charge in [-0.15, -0.1) is 0 Å². The number of carbonyl (C=O) groups is 3. The first-order valence-electron chi connectivity index (χ1n) is 9.88. The molecule has 13 nitrogen and oxygen atoms in total. The number of amides is 1. The summed E-state index contributed by atoms with van der Waals surface area (Å²) in [4.78, 5) is 58.5. The van der Waals surface area contributed by atoms with Gasteiger partial charge in [-0.1, -0.05) is 0 Å². The molecule has 0 radical (unpaired) electrons. The first-order chi connectivity index (χ1) is 15.7. The van der Waals surface area contributed by atoms with Crippen molar-refractivity contribution in [2.75, 3.05) is 29.5 Å². The molecule has 0 saturated carbocycles. The summed E-state index contributed by atoms with van der Waals surface area (Å²) in [5.74, 6) is -3.47. The average molecular weight is 496 g/mol. The molecule has 2 aromatic rings. The molecule has 3 rings (SSSR count). The molecule has 1 aliphatic rings. The number of carboxylic acid groups (broad SMARTS) is 2. The molecule has 2 atom stereocenters. The van der Waals surface area contributed by atoms with E-state index in [1.54, 1.807) is 30.3 Å². The number of hydrogen-bond acceptors (Lipinski definition) is 11. The third-order valence-electron chi connectivity index (χ3n) is 5.00. The second-order valence-corrected chi connectivity index (χ2v) is 7.29. The van der Waals surface area contributed by atoms with E-state index in [0.717, 1.165) is 0 Å². The molecule has 14 heteroatoms. The summed E-state index contributed by atoms with van der Waals surface area (Å²) in [6, 6.07) is 4.48. The second-order valence-electron chi connectivity index (χ2n) is 7.29. The zero-order valence-corrected chi connectivity index (χ0v) is 20.4. The monoisotopic (exact) mass is 495 g/mol. The second kappa shape index (κ2) is 11.8. The SMILES string of the molecule is CN1c2c(nc(N)[nH]c2=O)N=C[C@@H]1CNc1ccc(C(=O)NC(CCC(=O)[O-])C(=O)[O-])cc1.[Ca+2]. The van der Waals surface area contributed by atoms with Crippen LogP contribution in [0, 0.1) is 0 Å². The van der Waals surface area contributed by atoms with Gasteiger partial charge in [-0.05, 0) is 37.1 Å². The largest absolute Gasteiger partial charge is 2.00 e. The average Bonchev–Trinajstić information content (AvgIpc) is 2.75. The van der Waals surface area contributed by atoms with Gasteiger partial charge in [-0.2, -0.15) is 4.98 Å². The van der Waals surface area contributed by atoms with E-state index in [-0.39, 0.29) is 67.5 Å². The predicted molar refractivity (Wildman–Crippen MR) is 121 cm³/mol. The molecular formula is C20H21CaN7O6. The number of nitrogens with zero attached hydrogens (tertiary/aromatic N) is 3. The van der Waals surface area contributed by atoms with Crippen molar-refractivity contribution in [1.29, 1.82) is 0 Å². The van der Waals surface area contributed by atoms with Gasteiger partial charge in [-0.3, -0.25) is 14.6 Å². The minimum absolute atomic E-state index is 0. The minimum atomic E-state index is -1.58. The van der Waals surface area contributed by atoms with Crippen LogP contribution in [0.2, 0.25) is 0 Å². The molecule has 34 heavy (non-hydrogen) atoms. The number of carboxylic acids is 2. The molecule has 0 spiro atoms. The van der Waals surface area contributed by atoms with Gasteiger partial charge in [0.2, 0.25) is 5.95 Å². The molecule has 0 bridgehead atoms. The zero-order chi connectivity index (χ0) is 24.1.